The summed E-state index contributed by atoms with van der Waals surface area (Å²) in [6.07, 6.45) is 0. The molecule has 1 aliphatic rings. The zero-order chi connectivity index (χ0) is 15.1. The topological polar surface area (TPSA) is 63.2 Å². The van der Waals surface area contributed by atoms with Crippen LogP contribution in [0, 0.1) is 6.92 Å². The van der Waals surface area contributed by atoms with Gasteiger partial charge in [-0.05, 0) is 31.2 Å². The molecule has 3 rings (SSSR count). The number of rotatable bonds is 2. The number of carbonyl (C=O) groups is 2. The summed E-state index contributed by atoms with van der Waals surface area (Å²) in [5, 5.41) is 0.312. The van der Waals surface area contributed by atoms with Crippen LogP contribution in [0.2, 0.25) is 5.15 Å². The zero-order valence-corrected chi connectivity index (χ0v) is 13.3. The van der Waals surface area contributed by atoms with Crippen LogP contribution in [-0.4, -0.2) is 21.7 Å². The maximum absolute atomic E-state index is 12.1. The summed E-state index contributed by atoms with van der Waals surface area (Å²) < 4.78 is 0.749. The number of Topliss-reactive ketones (excluding diaryl/α,β-unsaturated/α-hetero) is 1. The highest BCUT2D eigenvalue weighted by atomic mass is 79.9. The van der Waals surface area contributed by atoms with Crippen molar-refractivity contribution < 1.29 is 9.59 Å². The fraction of sp³-hybridized carbons (Fsp3) is 0.143. The van der Waals surface area contributed by atoms with Gasteiger partial charge in [-0.1, -0.05) is 27.5 Å². The van der Waals surface area contributed by atoms with Gasteiger partial charge in [0, 0.05) is 10.2 Å². The lowest BCUT2D eigenvalue weighted by Gasteiger charge is -2.15. The second-order valence-electron chi connectivity index (χ2n) is 4.63. The number of ketones is 1. The summed E-state index contributed by atoms with van der Waals surface area (Å²) in [6.45, 7) is 1.90. The molecule has 0 atom stereocenters. The van der Waals surface area contributed by atoms with E-state index in [1.165, 1.54) is 4.90 Å². The number of halogens is 2. The summed E-state index contributed by atoms with van der Waals surface area (Å²) in [6, 6.07) is 6.77. The van der Waals surface area contributed by atoms with E-state index in [9.17, 15) is 9.59 Å². The largest absolute Gasteiger partial charge is 0.299 e. The van der Waals surface area contributed by atoms with E-state index in [-0.39, 0.29) is 6.54 Å². The van der Waals surface area contributed by atoms with E-state index in [0.717, 1.165) is 4.47 Å². The third kappa shape index (κ3) is 2.56. The Balaban J connectivity index is 2.00. The van der Waals surface area contributed by atoms with Crippen molar-refractivity contribution in [3.8, 4) is 0 Å². The molecule has 21 heavy (non-hydrogen) atoms. The van der Waals surface area contributed by atoms with Crippen molar-refractivity contribution >= 4 is 44.9 Å². The van der Waals surface area contributed by atoms with Gasteiger partial charge in [-0.2, -0.15) is 0 Å². The van der Waals surface area contributed by atoms with Crippen molar-refractivity contribution in [3.05, 3.63) is 51.0 Å². The van der Waals surface area contributed by atoms with Crippen molar-refractivity contribution in [1.82, 2.24) is 9.97 Å². The quantitative estimate of drug-likeness (QED) is 0.605. The van der Waals surface area contributed by atoms with Crippen LogP contribution in [0.5, 0.6) is 0 Å². The van der Waals surface area contributed by atoms with E-state index in [4.69, 9.17) is 11.6 Å². The monoisotopic (exact) mass is 365 g/mol. The summed E-state index contributed by atoms with van der Waals surface area (Å²) in [7, 11) is 0. The van der Waals surface area contributed by atoms with Gasteiger partial charge in [0.1, 0.15) is 11.0 Å². The highest BCUT2D eigenvalue weighted by molar-refractivity contribution is 9.10. The minimum absolute atomic E-state index is 0.112. The molecule has 1 aromatic heterocycles. The highest BCUT2D eigenvalue weighted by Gasteiger charge is 2.36. The Bertz CT molecular complexity index is 759. The van der Waals surface area contributed by atoms with Crippen LogP contribution in [0.1, 0.15) is 21.9 Å². The van der Waals surface area contributed by atoms with E-state index in [1.54, 1.807) is 31.2 Å². The maximum Gasteiger partial charge on any atom is 0.299 e. The van der Waals surface area contributed by atoms with Gasteiger partial charge in [-0.25, -0.2) is 9.97 Å². The Morgan fingerprint density at radius 1 is 1.24 bits per heavy atom. The molecule has 106 valence electrons. The Kier molecular flexibility index (Phi) is 3.51. The van der Waals surface area contributed by atoms with Gasteiger partial charge >= 0.3 is 0 Å². The number of hydrogen-bond donors (Lipinski definition) is 0. The molecule has 0 aliphatic carbocycles. The Morgan fingerprint density at radius 3 is 2.71 bits per heavy atom. The van der Waals surface area contributed by atoms with Gasteiger partial charge in [0.25, 0.3) is 11.7 Å². The number of benzene rings is 1. The summed E-state index contributed by atoms with van der Waals surface area (Å²) in [4.78, 5) is 33.8. The Morgan fingerprint density at radius 2 is 2.00 bits per heavy atom. The molecule has 0 N–H and O–H groups in total. The summed E-state index contributed by atoms with van der Waals surface area (Å²) >= 11 is 9.19. The normalized spacial score (nSPS) is 13.8. The zero-order valence-electron chi connectivity index (χ0n) is 10.9. The molecule has 0 unspecified atom stereocenters. The van der Waals surface area contributed by atoms with Crippen molar-refractivity contribution in [3.63, 3.8) is 0 Å². The molecule has 1 amide bonds. The molecular formula is C14H9BrClN3O2. The van der Waals surface area contributed by atoms with E-state index in [2.05, 4.69) is 25.9 Å². The molecular weight excluding hydrogens is 358 g/mol. The molecule has 0 bridgehead atoms. The third-order valence-corrected chi connectivity index (χ3v) is 3.79. The summed E-state index contributed by atoms with van der Waals surface area (Å²) in [5.74, 6) is -0.703. The van der Waals surface area contributed by atoms with Gasteiger partial charge in [0.15, 0.2) is 0 Å². The molecule has 2 heterocycles. The van der Waals surface area contributed by atoms with E-state index in [0.29, 0.717) is 27.9 Å². The number of aromatic nitrogens is 2. The van der Waals surface area contributed by atoms with Crippen LogP contribution in [0.3, 0.4) is 0 Å². The molecule has 0 saturated heterocycles. The average molecular weight is 367 g/mol. The predicted octanol–water partition coefficient (Wildman–Crippen LogP) is 2.93. The van der Waals surface area contributed by atoms with Gasteiger partial charge in [0.05, 0.1) is 17.8 Å². The van der Waals surface area contributed by atoms with Crippen molar-refractivity contribution in [2.24, 2.45) is 0 Å². The van der Waals surface area contributed by atoms with Crippen LogP contribution in [0.15, 0.2) is 28.7 Å². The lowest BCUT2D eigenvalue weighted by Crippen LogP contribution is -2.30. The number of hydrogen-bond acceptors (Lipinski definition) is 4. The minimum Gasteiger partial charge on any atom is -0.297 e. The molecule has 1 aromatic carbocycles. The van der Waals surface area contributed by atoms with Crippen LogP contribution in [-0.2, 0) is 11.3 Å². The minimum atomic E-state index is -0.579. The van der Waals surface area contributed by atoms with Gasteiger partial charge in [-0.3, -0.25) is 14.5 Å². The second kappa shape index (κ2) is 5.20. The standard InChI is InChI=1S/C14H9BrClN3O2/c1-7-4-11(16)18-12(17-7)6-19-10-3-2-8(15)5-9(10)13(20)14(19)21/h2-5H,6H2,1H3. The number of amides is 1. The fourth-order valence-corrected chi connectivity index (χ4v) is 2.85. The van der Waals surface area contributed by atoms with E-state index in [1.807, 2.05) is 0 Å². The molecule has 1 aliphatic heterocycles. The molecule has 0 fully saturated rings. The molecule has 7 heteroatoms. The molecule has 2 aromatic rings. The average Bonchev–Trinajstić information content (AvgIpc) is 2.63. The first-order valence-electron chi connectivity index (χ1n) is 6.11. The van der Waals surface area contributed by atoms with Crippen LogP contribution < -0.4 is 4.90 Å². The fourth-order valence-electron chi connectivity index (χ4n) is 2.23. The second-order valence-corrected chi connectivity index (χ2v) is 5.93. The molecule has 0 spiro atoms. The molecule has 5 nitrogen and oxygen atoms in total. The Labute approximate surface area is 134 Å². The van der Waals surface area contributed by atoms with Gasteiger partial charge in [0.2, 0.25) is 0 Å². The smallest absolute Gasteiger partial charge is 0.297 e. The molecule has 0 radical (unpaired) electrons. The number of fused-ring (bicyclic) bond motifs is 1. The number of anilines is 1. The van der Waals surface area contributed by atoms with E-state index >= 15 is 0 Å². The lowest BCUT2D eigenvalue weighted by molar-refractivity contribution is -0.114. The molecule has 0 saturated carbocycles. The van der Waals surface area contributed by atoms with Crippen LogP contribution in [0.25, 0.3) is 0 Å². The summed E-state index contributed by atoms with van der Waals surface area (Å²) in [5.41, 5.74) is 1.65. The van der Waals surface area contributed by atoms with Crippen molar-refractivity contribution in [1.29, 1.82) is 0 Å². The SMILES string of the molecule is Cc1cc(Cl)nc(CN2C(=O)C(=O)c3cc(Br)ccc32)n1. The van der Waals surface area contributed by atoms with Gasteiger partial charge < -0.3 is 0 Å². The van der Waals surface area contributed by atoms with Gasteiger partial charge in [-0.15, -0.1) is 0 Å². The first kappa shape index (κ1) is 14.2. The number of aryl methyl sites for hydroxylation is 1. The lowest BCUT2D eigenvalue weighted by atomic mass is 10.1. The van der Waals surface area contributed by atoms with E-state index < -0.39 is 11.7 Å². The number of nitrogens with zero attached hydrogens (tertiary/aromatic N) is 3. The van der Waals surface area contributed by atoms with Crippen molar-refractivity contribution in [2.75, 3.05) is 4.90 Å². The van der Waals surface area contributed by atoms with Crippen LogP contribution in [0.4, 0.5) is 5.69 Å². The Hall–Kier alpha value is -1.79. The highest BCUT2D eigenvalue weighted by Crippen LogP contribution is 2.32. The third-order valence-electron chi connectivity index (χ3n) is 3.10. The maximum atomic E-state index is 12.1. The van der Waals surface area contributed by atoms with Crippen molar-refractivity contribution in [2.45, 2.75) is 13.5 Å². The first-order chi connectivity index (χ1) is 9.95. The van der Waals surface area contributed by atoms with Crippen LogP contribution >= 0.6 is 27.5 Å². The predicted molar refractivity (Wildman–Crippen MR) is 81.4 cm³/mol. The number of carbonyl (C=O) groups excluding carboxylic acids is 2. The first-order valence-corrected chi connectivity index (χ1v) is 7.28.